The van der Waals surface area contributed by atoms with Crippen LogP contribution in [0.25, 0.3) is 11.1 Å². The lowest BCUT2D eigenvalue weighted by Crippen LogP contribution is -1.88. The quantitative estimate of drug-likeness (QED) is 0.737. The topological polar surface area (TPSA) is 60.7 Å². The minimum atomic E-state index is -0.450. The van der Waals surface area contributed by atoms with E-state index in [9.17, 15) is 15.3 Å². The van der Waals surface area contributed by atoms with E-state index in [1.807, 2.05) is 31.2 Å². The molecule has 0 saturated heterocycles. The highest BCUT2D eigenvalue weighted by atomic mass is 16.3. The molecule has 100 valence electrons. The summed E-state index contributed by atoms with van der Waals surface area (Å²) in [6.45, 7) is 3.96. The summed E-state index contributed by atoms with van der Waals surface area (Å²) in [4.78, 5) is 0. The molecule has 0 aliphatic carbocycles. The van der Waals surface area contributed by atoms with Crippen LogP contribution in [0.4, 0.5) is 0 Å². The third kappa shape index (κ3) is 2.36. The van der Waals surface area contributed by atoms with Crippen LogP contribution in [0.3, 0.4) is 0 Å². The fraction of sp³-hybridized carbons (Fsp3) is 0.250. The van der Waals surface area contributed by atoms with E-state index in [0.717, 1.165) is 12.0 Å². The normalized spacial score (nSPS) is 10.6. The Morgan fingerprint density at radius 1 is 0.789 bits per heavy atom. The molecule has 19 heavy (non-hydrogen) atoms. The first-order valence-corrected chi connectivity index (χ1v) is 6.44. The van der Waals surface area contributed by atoms with Crippen molar-refractivity contribution in [3.63, 3.8) is 0 Å². The fourth-order valence-electron chi connectivity index (χ4n) is 2.11. The highest BCUT2D eigenvalue weighted by Gasteiger charge is 2.16. The molecule has 2 aromatic carbocycles. The molecule has 0 unspecified atom stereocenters. The first-order valence-electron chi connectivity index (χ1n) is 6.44. The number of hydrogen-bond donors (Lipinski definition) is 3. The van der Waals surface area contributed by atoms with Crippen molar-refractivity contribution in [2.24, 2.45) is 0 Å². The summed E-state index contributed by atoms with van der Waals surface area (Å²) < 4.78 is 0. The van der Waals surface area contributed by atoms with Gasteiger partial charge in [-0.15, -0.1) is 0 Å². The standard InChI is InChI=1S/C16H18O3/c1-3-10-5-7-12(8-6-10)13-9-11(4-2)14(17)16(19)15(13)18/h5-9,17-19H,3-4H2,1-2H3. The van der Waals surface area contributed by atoms with Crippen LogP contribution in [-0.2, 0) is 12.8 Å². The lowest BCUT2D eigenvalue weighted by molar-refractivity contribution is 0.366. The molecule has 0 amide bonds. The van der Waals surface area contributed by atoms with E-state index >= 15 is 0 Å². The predicted octanol–water partition coefficient (Wildman–Crippen LogP) is 3.60. The van der Waals surface area contributed by atoms with Gasteiger partial charge in [0.15, 0.2) is 11.5 Å². The molecule has 0 saturated carbocycles. The summed E-state index contributed by atoms with van der Waals surface area (Å²) >= 11 is 0. The summed E-state index contributed by atoms with van der Waals surface area (Å²) in [5.41, 5.74) is 3.18. The average molecular weight is 258 g/mol. The molecular formula is C16H18O3. The second-order valence-electron chi connectivity index (χ2n) is 4.53. The van der Waals surface area contributed by atoms with E-state index in [0.29, 0.717) is 17.5 Å². The Bertz CT molecular complexity index is 586. The average Bonchev–Trinajstić information content (AvgIpc) is 2.45. The molecular weight excluding hydrogens is 240 g/mol. The molecule has 3 nitrogen and oxygen atoms in total. The lowest BCUT2D eigenvalue weighted by atomic mass is 9.98. The Hall–Kier alpha value is -2.16. The van der Waals surface area contributed by atoms with Crippen LogP contribution in [0.1, 0.15) is 25.0 Å². The molecule has 0 aliphatic heterocycles. The van der Waals surface area contributed by atoms with Gasteiger partial charge >= 0.3 is 0 Å². The van der Waals surface area contributed by atoms with Crippen molar-refractivity contribution in [3.05, 3.63) is 41.5 Å². The van der Waals surface area contributed by atoms with Crippen LogP contribution in [0.15, 0.2) is 30.3 Å². The third-order valence-corrected chi connectivity index (χ3v) is 3.38. The molecule has 2 aromatic rings. The molecule has 0 atom stereocenters. The van der Waals surface area contributed by atoms with Gasteiger partial charge in [-0.3, -0.25) is 0 Å². The van der Waals surface area contributed by atoms with Gasteiger partial charge in [-0.2, -0.15) is 0 Å². The van der Waals surface area contributed by atoms with Crippen molar-refractivity contribution >= 4 is 0 Å². The summed E-state index contributed by atoms with van der Waals surface area (Å²) in [5.74, 6) is -0.971. The number of phenols is 3. The van der Waals surface area contributed by atoms with Crippen molar-refractivity contribution in [3.8, 4) is 28.4 Å². The van der Waals surface area contributed by atoms with Crippen LogP contribution in [0.2, 0.25) is 0 Å². The molecule has 0 radical (unpaired) electrons. The third-order valence-electron chi connectivity index (χ3n) is 3.38. The number of phenolic OH excluding ortho intramolecular Hbond substituents is 3. The van der Waals surface area contributed by atoms with E-state index in [1.165, 1.54) is 5.56 Å². The molecule has 0 heterocycles. The maximum absolute atomic E-state index is 9.97. The highest BCUT2D eigenvalue weighted by molar-refractivity contribution is 5.77. The van der Waals surface area contributed by atoms with Gasteiger partial charge < -0.3 is 15.3 Å². The van der Waals surface area contributed by atoms with E-state index < -0.39 is 5.75 Å². The van der Waals surface area contributed by atoms with Crippen molar-refractivity contribution in [1.82, 2.24) is 0 Å². The van der Waals surface area contributed by atoms with Gasteiger partial charge in [0, 0.05) is 5.56 Å². The van der Waals surface area contributed by atoms with E-state index in [-0.39, 0.29) is 11.5 Å². The minimum absolute atomic E-state index is 0.242. The number of aryl methyl sites for hydroxylation is 2. The SMILES string of the molecule is CCc1ccc(-c2cc(CC)c(O)c(O)c2O)cc1. The van der Waals surface area contributed by atoms with Crippen LogP contribution < -0.4 is 0 Å². The Balaban J connectivity index is 2.57. The van der Waals surface area contributed by atoms with Crippen LogP contribution >= 0.6 is 0 Å². The van der Waals surface area contributed by atoms with Crippen LogP contribution in [-0.4, -0.2) is 15.3 Å². The largest absolute Gasteiger partial charge is 0.504 e. The van der Waals surface area contributed by atoms with Crippen LogP contribution in [0, 0.1) is 0 Å². The predicted molar refractivity (Wildman–Crippen MR) is 75.6 cm³/mol. The van der Waals surface area contributed by atoms with Crippen molar-refractivity contribution in [2.45, 2.75) is 26.7 Å². The summed E-state index contributed by atoms with van der Waals surface area (Å²) in [6.07, 6.45) is 1.53. The first-order chi connectivity index (χ1) is 9.08. The second-order valence-corrected chi connectivity index (χ2v) is 4.53. The number of rotatable bonds is 3. The number of aromatic hydroxyl groups is 3. The first kappa shape index (κ1) is 13.3. The summed E-state index contributed by atoms with van der Waals surface area (Å²) in [5, 5.41) is 29.5. The maximum Gasteiger partial charge on any atom is 0.201 e. The van der Waals surface area contributed by atoms with E-state index in [1.54, 1.807) is 6.07 Å². The van der Waals surface area contributed by atoms with Crippen molar-refractivity contribution < 1.29 is 15.3 Å². The minimum Gasteiger partial charge on any atom is -0.504 e. The van der Waals surface area contributed by atoms with Gasteiger partial charge in [-0.25, -0.2) is 0 Å². The summed E-state index contributed by atoms with van der Waals surface area (Å²) in [6, 6.07) is 9.51. The molecule has 0 fully saturated rings. The van der Waals surface area contributed by atoms with Gasteiger partial charge in [-0.1, -0.05) is 38.1 Å². The van der Waals surface area contributed by atoms with Gasteiger partial charge in [0.1, 0.15) is 0 Å². The molecule has 3 heteroatoms. The lowest BCUT2D eigenvalue weighted by Gasteiger charge is -2.12. The van der Waals surface area contributed by atoms with Crippen molar-refractivity contribution in [1.29, 1.82) is 0 Å². The number of hydrogen-bond acceptors (Lipinski definition) is 3. The Kier molecular flexibility index (Phi) is 3.65. The Morgan fingerprint density at radius 2 is 1.42 bits per heavy atom. The second kappa shape index (κ2) is 5.22. The summed E-state index contributed by atoms with van der Waals surface area (Å²) in [7, 11) is 0. The molecule has 3 N–H and O–H groups in total. The zero-order valence-corrected chi connectivity index (χ0v) is 11.1. The van der Waals surface area contributed by atoms with Gasteiger partial charge in [0.05, 0.1) is 0 Å². The fourth-order valence-corrected chi connectivity index (χ4v) is 2.11. The zero-order valence-electron chi connectivity index (χ0n) is 11.1. The molecule has 0 aromatic heterocycles. The van der Waals surface area contributed by atoms with E-state index in [4.69, 9.17) is 0 Å². The van der Waals surface area contributed by atoms with Gasteiger partial charge in [-0.05, 0) is 35.6 Å². The molecule has 0 spiro atoms. The van der Waals surface area contributed by atoms with E-state index in [2.05, 4.69) is 6.92 Å². The molecule has 0 aliphatic rings. The van der Waals surface area contributed by atoms with Gasteiger partial charge in [0.2, 0.25) is 5.75 Å². The Labute approximate surface area is 112 Å². The Morgan fingerprint density at radius 3 is 1.95 bits per heavy atom. The maximum atomic E-state index is 9.97. The van der Waals surface area contributed by atoms with Crippen LogP contribution in [0.5, 0.6) is 17.2 Å². The monoisotopic (exact) mass is 258 g/mol. The molecule has 0 bridgehead atoms. The smallest absolute Gasteiger partial charge is 0.201 e. The molecule has 2 rings (SSSR count). The number of benzene rings is 2. The zero-order chi connectivity index (χ0) is 14.0. The highest BCUT2D eigenvalue weighted by Crippen LogP contribution is 2.44. The van der Waals surface area contributed by atoms with Crippen molar-refractivity contribution in [2.75, 3.05) is 0 Å². The van der Waals surface area contributed by atoms with Gasteiger partial charge in [0.25, 0.3) is 0 Å².